The maximum atomic E-state index is 12.4. The third kappa shape index (κ3) is 2.33. The van der Waals surface area contributed by atoms with E-state index in [1.54, 1.807) is 6.92 Å². The zero-order valence-corrected chi connectivity index (χ0v) is 11.5. The summed E-state index contributed by atoms with van der Waals surface area (Å²) in [5.74, 6) is 0. The van der Waals surface area contributed by atoms with Crippen molar-refractivity contribution in [3.63, 3.8) is 0 Å². The average molecular weight is 291 g/mol. The van der Waals surface area contributed by atoms with E-state index in [-0.39, 0.29) is 17.1 Å². The zero-order valence-electron chi connectivity index (χ0n) is 9.93. The number of β-amino-alcohol motifs (C(OH)–C–C–N with tert-alkyl or cyclic N) is 1. The topological polar surface area (TPSA) is 83.6 Å². The molecule has 5 nitrogen and oxygen atoms in total. The maximum Gasteiger partial charge on any atom is 0.243 e. The summed E-state index contributed by atoms with van der Waals surface area (Å²) in [4.78, 5) is 0.151. The zero-order chi connectivity index (χ0) is 13.5. The van der Waals surface area contributed by atoms with Crippen LogP contribution >= 0.6 is 11.6 Å². The normalized spacial score (nSPS) is 21.4. The van der Waals surface area contributed by atoms with E-state index in [0.717, 1.165) is 0 Å². The first-order chi connectivity index (χ1) is 8.32. The van der Waals surface area contributed by atoms with Crippen molar-refractivity contribution >= 4 is 27.3 Å². The standard InChI is InChI=1S/C11H15ClN2O3S/c1-7-4-9(12)10(13)5-11(7)18(16,17)14-3-2-8(15)6-14/h4-5,8,15H,2-3,6,13H2,1H3. The number of nitrogens with zero attached hydrogens (tertiary/aromatic N) is 1. The van der Waals surface area contributed by atoms with Gasteiger partial charge in [-0.2, -0.15) is 4.31 Å². The van der Waals surface area contributed by atoms with Crippen LogP contribution in [0.15, 0.2) is 17.0 Å². The van der Waals surface area contributed by atoms with Gasteiger partial charge in [-0.25, -0.2) is 8.42 Å². The number of aliphatic hydroxyl groups excluding tert-OH is 1. The van der Waals surface area contributed by atoms with Crippen LogP contribution in [0, 0.1) is 6.92 Å². The molecule has 1 atom stereocenters. The van der Waals surface area contributed by atoms with Crippen molar-refractivity contribution in [2.45, 2.75) is 24.3 Å². The van der Waals surface area contributed by atoms with Crippen LogP contribution in [0.3, 0.4) is 0 Å². The van der Waals surface area contributed by atoms with E-state index in [1.807, 2.05) is 0 Å². The van der Waals surface area contributed by atoms with E-state index in [1.165, 1.54) is 16.4 Å². The SMILES string of the molecule is Cc1cc(Cl)c(N)cc1S(=O)(=O)N1CCC(O)C1. The van der Waals surface area contributed by atoms with Crippen molar-refractivity contribution in [1.29, 1.82) is 0 Å². The number of hydrogen-bond donors (Lipinski definition) is 2. The van der Waals surface area contributed by atoms with Gasteiger partial charge in [-0.1, -0.05) is 11.6 Å². The van der Waals surface area contributed by atoms with Crippen LogP contribution in [0.25, 0.3) is 0 Å². The van der Waals surface area contributed by atoms with E-state index in [9.17, 15) is 13.5 Å². The number of anilines is 1. The Morgan fingerprint density at radius 3 is 2.72 bits per heavy atom. The molecule has 2 rings (SSSR count). The molecule has 1 aromatic rings. The third-order valence-corrected chi connectivity index (χ3v) is 5.37. The Labute approximate surface area is 111 Å². The van der Waals surface area contributed by atoms with Gasteiger partial charge in [0.25, 0.3) is 0 Å². The summed E-state index contributed by atoms with van der Waals surface area (Å²) in [5.41, 5.74) is 6.44. The van der Waals surface area contributed by atoms with E-state index in [2.05, 4.69) is 0 Å². The summed E-state index contributed by atoms with van der Waals surface area (Å²) in [5, 5.41) is 9.77. The summed E-state index contributed by atoms with van der Waals surface area (Å²) in [6.45, 7) is 2.13. The number of rotatable bonds is 2. The molecular formula is C11H15ClN2O3S. The average Bonchev–Trinajstić information content (AvgIpc) is 2.70. The van der Waals surface area contributed by atoms with Crippen LogP contribution in [0.5, 0.6) is 0 Å². The van der Waals surface area contributed by atoms with Gasteiger partial charge in [-0.05, 0) is 31.0 Å². The lowest BCUT2D eigenvalue weighted by atomic mass is 10.2. The molecule has 1 heterocycles. The third-order valence-electron chi connectivity index (χ3n) is 3.04. The van der Waals surface area contributed by atoms with Gasteiger partial charge in [0.15, 0.2) is 0 Å². The minimum absolute atomic E-state index is 0.129. The molecule has 0 saturated carbocycles. The highest BCUT2D eigenvalue weighted by atomic mass is 35.5. The largest absolute Gasteiger partial charge is 0.397 e. The van der Waals surface area contributed by atoms with Gasteiger partial charge in [-0.15, -0.1) is 0 Å². The van der Waals surface area contributed by atoms with Gasteiger partial charge in [0.2, 0.25) is 10.0 Å². The van der Waals surface area contributed by atoms with Gasteiger partial charge < -0.3 is 10.8 Å². The second-order valence-electron chi connectivity index (χ2n) is 4.44. The number of aryl methyl sites for hydroxylation is 1. The quantitative estimate of drug-likeness (QED) is 0.796. The molecule has 0 radical (unpaired) electrons. The van der Waals surface area contributed by atoms with Gasteiger partial charge in [0.05, 0.1) is 21.7 Å². The van der Waals surface area contributed by atoms with Crippen molar-refractivity contribution < 1.29 is 13.5 Å². The van der Waals surface area contributed by atoms with Gasteiger partial charge in [0.1, 0.15) is 0 Å². The molecule has 7 heteroatoms. The molecule has 1 saturated heterocycles. The molecule has 0 aromatic heterocycles. The molecule has 0 spiro atoms. The van der Waals surface area contributed by atoms with Gasteiger partial charge in [0, 0.05) is 13.1 Å². The lowest BCUT2D eigenvalue weighted by Crippen LogP contribution is -2.30. The molecule has 0 bridgehead atoms. The second-order valence-corrected chi connectivity index (χ2v) is 6.76. The number of sulfonamides is 1. The predicted molar refractivity (Wildman–Crippen MR) is 70.0 cm³/mol. The Morgan fingerprint density at radius 2 is 2.17 bits per heavy atom. The van der Waals surface area contributed by atoms with E-state index in [4.69, 9.17) is 17.3 Å². The van der Waals surface area contributed by atoms with Crippen molar-refractivity contribution in [1.82, 2.24) is 4.31 Å². The van der Waals surface area contributed by atoms with Crippen molar-refractivity contribution in [3.05, 3.63) is 22.7 Å². The molecule has 1 aromatic carbocycles. The monoisotopic (exact) mass is 290 g/mol. The second kappa shape index (κ2) is 4.70. The fourth-order valence-electron chi connectivity index (χ4n) is 2.01. The minimum Gasteiger partial charge on any atom is -0.397 e. The Hall–Kier alpha value is -0.820. The minimum atomic E-state index is -3.61. The molecule has 1 aliphatic rings. The fourth-order valence-corrected chi connectivity index (χ4v) is 3.97. The molecule has 1 fully saturated rings. The number of hydrogen-bond acceptors (Lipinski definition) is 4. The molecule has 1 unspecified atom stereocenters. The van der Waals surface area contributed by atoms with E-state index >= 15 is 0 Å². The summed E-state index contributed by atoms with van der Waals surface area (Å²) in [6, 6.07) is 2.91. The van der Waals surface area contributed by atoms with Crippen LogP contribution in [0.4, 0.5) is 5.69 Å². The Kier molecular flexibility index (Phi) is 3.55. The van der Waals surface area contributed by atoms with Crippen LogP contribution in [-0.4, -0.2) is 37.0 Å². The van der Waals surface area contributed by atoms with Gasteiger partial charge >= 0.3 is 0 Å². The Morgan fingerprint density at radius 1 is 1.50 bits per heavy atom. The summed E-state index contributed by atoms with van der Waals surface area (Å²) < 4.78 is 26.0. The van der Waals surface area contributed by atoms with E-state index in [0.29, 0.717) is 23.6 Å². The van der Waals surface area contributed by atoms with Crippen molar-refractivity contribution in [2.75, 3.05) is 18.8 Å². The molecule has 18 heavy (non-hydrogen) atoms. The fraction of sp³-hybridized carbons (Fsp3) is 0.455. The molecular weight excluding hydrogens is 276 g/mol. The molecule has 1 aliphatic heterocycles. The first kappa shape index (κ1) is 13.6. The van der Waals surface area contributed by atoms with Gasteiger partial charge in [-0.3, -0.25) is 0 Å². The molecule has 3 N–H and O–H groups in total. The lowest BCUT2D eigenvalue weighted by Gasteiger charge is -2.18. The number of halogens is 1. The van der Waals surface area contributed by atoms with Crippen molar-refractivity contribution in [2.24, 2.45) is 0 Å². The highest BCUT2D eigenvalue weighted by Crippen LogP contribution is 2.29. The maximum absolute atomic E-state index is 12.4. The number of nitrogen functional groups attached to an aromatic ring is 1. The van der Waals surface area contributed by atoms with E-state index < -0.39 is 16.1 Å². The highest BCUT2D eigenvalue weighted by Gasteiger charge is 2.32. The molecule has 0 amide bonds. The summed E-state index contributed by atoms with van der Waals surface area (Å²) in [6.07, 6.45) is -0.133. The molecule has 0 aliphatic carbocycles. The highest BCUT2D eigenvalue weighted by molar-refractivity contribution is 7.89. The number of benzene rings is 1. The Balaban J connectivity index is 2.45. The van der Waals surface area contributed by atoms with Crippen molar-refractivity contribution in [3.8, 4) is 0 Å². The lowest BCUT2D eigenvalue weighted by molar-refractivity contribution is 0.189. The summed E-state index contributed by atoms with van der Waals surface area (Å²) in [7, 11) is -3.61. The first-order valence-corrected chi connectivity index (χ1v) is 7.38. The van der Waals surface area contributed by atoms with Crippen LogP contribution < -0.4 is 5.73 Å². The first-order valence-electron chi connectivity index (χ1n) is 5.56. The summed E-state index contributed by atoms with van der Waals surface area (Å²) >= 11 is 5.85. The number of aliphatic hydroxyl groups is 1. The number of nitrogens with two attached hydrogens (primary N) is 1. The Bertz CT molecular complexity index is 574. The van der Waals surface area contributed by atoms with Crippen LogP contribution in [0.2, 0.25) is 5.02 Å². The smallest absolute Gasteiger partial charge is 0.243 e. The van der Waals surface area contributed by atoms with Crippen LogP contribution in [-0.2, 0) is 10.0 Å². The molecule has 100 valence electrons. The van der Waals surface area contributed by atoms with Crippen LogP contribution in [0.1, 0.15) is 12.0 Å². The predicted octanol–water partition coefficient (Wildman–Crippen LogP) is 0.986.